The number of hydrogen-bond acceptors (Lipinski definition) is 8. The van der Waals surface area contributed by atoms with E-state index in [-0.39, 0.29) is 5.82 Å². The minimum absolute atomic E-state index is 0.109. The van der Waals surface area contributed by atoms with Crippen LogP contribution in [0.3, 0.4) is 0 Å². The van der Waals surface area contributed by atoms with Crippen LogP contribution < -0.4 is 20.4 Å². The monoisotopic (exact) mass is 537 g/mol. The first-order valence-electron chi connectivity index (χ1n) is 13.4. The summed E-state index contributed by atoms with van der Waals surface area (Å²) in [4.78, 5) is 23.1. The van der Waals surface area contributed by atoms with Crippen molar-refractivity contribution in [1.82, 2.24) is 24.8 Å². The molecule has 0 amide bonds. The number of aromatic nitrogens is 4. The summed E-state index contributed by atoms with van der Waals surface area (Å²) in [6.45, 7) is 4.95. The lowest BCUT2D eigenvalue weighted by Gasteiger charge is -2.36. The topological polar surface area (TPSA) is 88.2 Å². The Labute approximate surface area is 232 Å². The average molecular weight is 538 g/mol. The van der Waals surface area contributed by atoms with Gasteiger partial charge in [-0.2, -0.15) is 4.98 Å². The first-order chi connectivity index (χ1) is 19.5. The number of aromatic amines is 1. The van der Waals surface area contributed by atoms with Crippen molar-refractivity contribution in [3.05, 3.63) is 90.4 Å². The van der Waals surface area contributed by atoms with Crippen LogP contribution in [-0.2, 0) is 6.54 Å². The number of hydrogen-bond donors (Lipinski definition) is 3. The lowest BCUT2D eigenvalue weighted by molar-refractivity contribution is 0.250. The van der Waals surface area contributed by atoms with Crippen LogP contribution in [0.2, 0.25) is 0 Å². The molecule has 3 heterocycles. The first-order valence-corrected chi connectivity index (χ1v) is 13.4. The van der Waals surface area contributed by atoms with E-state index >= 15 is 0 Å². The minimum Gasteiger partial charge on any atom is -0.369 e. The van der Waals surface area contributed by atoms with Gasteiger partial charge in [-0.1, -0.05) is 30.3 Å². The number of benzene rings is 3. The predicted molar refractivity (Wildman–Crippen MR) is 159 cm³/mol. The van der Waals surface area contributed by atoms with Crippen molar-refractivity contribution >= 4 is 45.8 Å². The molecule has 3 aromatic carbocycles. The van der Waals surface area contributed by atoms with Crippen molar-refractivity contribution in [1.29, 1.82) is 0 Å². The molecule has 2 aromatic heterocycles. The molecule has 204 valence electrons. The van der Waals surface area contributed by atoms with Gasteiger partial charge in [-0.3, -0.25) is 4.90 Å². The summed E-state index contributed by atoms with van der Waals surface area (Å²) >= 11 is 0. The molecule has 1 saturated heterocycles. The third-order valence-corrected chi connectivity index (χ3v) is 7.01. The lowest BCUT2D eigenvalue weighted by atomic mass is 10.2. The van der Waals surface area contributed by atoms with Crippen molar-refractivity contribution in [3.8, 4) is 0 Å². The maximum Gasteiger partial charge on any atom is 0.229 e. The van der Waals surface area contributed by atoms with E-state index in [2.05, 4.69) is 82.8 Å². The van der Waals surface area contributed by atoms with Crippen molar-refractivity contribution in [2.45, 2.75) is 6.54 Å². The highest BCUT2D eigenvalue weighted by Gasteiger charge is 2.17. The Kier molecular flexibility index (Phi) is 7.15. The summed E-state index contributed by atoms with van der Waals surface area (Å²) in [5.74, 6) is 0.648. The Morgan fingerprint density at radius 2 is 1.62 bits per heavy atom. The molecule has 0 bridgehead atoms. The molecule has 1 fully saturated rings. The van der Waals surface area contributed by atoms with Crippen LogP contribution in [0, 0.1) is 5.82 Å². The van der Waals surface area contributed by atoms with Gasteiger partial charge in [0, 0.05) is 63.9 Å². The molecule has 1 aliphatic heterocycles. The zero-order valence-electron chi connectivity index (χ0n) is 22.6. The molecule has 10 heteroatoms. The van der Waals surface area contributed by atoms with Gasteiger partial charge in [0.15, 0.2) is 11.6 Å². The maximum absolute atomic E-state index is 14.6. The molecule has 0 unspecified atom stereocenters. The standard InChI is InChI=1S/C30H32FN9/c1-38(2)30-35-26-13-10-23(18-27(26)36-30)34-29-32-19-25(31)28(37-29)33-22-8-11-24(12-9-22)40-16-14-39(15-17-40)20-21-6-4-3-5-7-21/h3-13,18-19H,14-17,20H2,1-2H3,(H,35,36)(H2,32,33,34,37). The fourth-order valence-corrected chi connectivity index (χ4v) is 4.83. The second-order valence-corrected chi connectivity index (χ2v) is 10.1. The van der Waals surface area contributed by atoms with Crippen molar-refractivity contribution in [2.75, 3.05) is 60.7 Å². The second kappa shape index (κ2) is 11.2. The Morgan fingerprint density at radius 3 is 2.38 bits per heavy atom. The Morgan fingerprint density at radius 1 is 0.875 bits per heavy atom. The van der Waals surface area contributed by atoms with Gasteiger partial charge in [0.05, 0.1) is 17.2 Å². The summed E-state index contributed by atoms with van der Waals surface area (Å²) in [5, 5.41) is 6.25. The summed E-state index contributed by atoms with van der Waals surface area (Å²) in [7, 11) is 3.86. The number of halogens is 1. The van der Waals surface area contributed by atoms with E-state index in [1.54, 1.807) is 0 Å². The van der Waals surface area contributed by atoms with Gasteiger partial charge in [-0.05, 0) is 48.0 Å². The van der Waals surface area contributed by atoms with Crippen LogP contribution in [0.5, 0.6) is 0 Å². The number of fused-ring (bicyclic) bond motifs is 1. The SMILES string of the molecule is CN(C)c1nc2ccc(Nc3ncc(F)c(Nc4ccc(N5CCN(Cc6ccccc6)CC5)cc4)n3)cc2[nH]1. The minimum atomic E-state index is -0.524. The molecule has 40 heavy (non-hydrogen) atoms. The van der Waals surface area contributed by atoms with E-state index in [0.29, 0.717) is 5.95 Å². The van der Waals surface area contributed by atoms with Gasteiger partial charge in [-0.15, -0.1) is 0 Å². The normalized spacial score (nSPS) is 13.9. The maximum atomic E-state index is 14.6. The summed E-state index contributed by atoms with van der Waals surface area (Å²) in [5.41, 5.74) is 5.76. The molecule has 0 aliphatic carbocycles. The molecule has 0 atom stereocenters. The zero-order valence-corrected chi connectivity index (χ0v) is 22.6. The van der Waals surface area contributed by atoms with Gasteiger partial charge < -0.3 is 25.4 Å². The molecule has 3 N–H and O–H groups in total. The highest BCUT2D eigenvalue weighted by molar-refractivity contribution is 5.82. The van der Waals surface area contributed by atoms with E-state index in [9.17, 15) is 4.39 Å². The van der Waals surface area contributed by atoms with Crippen LogP contribution in [-0.4, -0.2) is 65.1 Å². The van der Waals surface area contributed by atoms with Crippen LogP contribution in [0.25, 0.3) is 11.0 Å². The van der Waals surface area contributed by atoms with E-state index in [4.69, 9.17) is 0 Å². The summed E-state index contributed by atoms with van der Waals surface area (Å²) < 4.78 is 14.6. The summed E-state index contributed by atoms with van der Waals surface area (Å²) in [6, 6.07) is 24.4. The third-order valence-electron chi connectivity index (χ3n) is 7.01. The number of H-pyrrole nitrogens is 1. The Bertz CT molecular complexity index is 1580. The lowest BCUT2D eigenvalue weighted by Crippen LogP contribution is -2.45. The molecule has 0 saturated carbocycles. The average Bonchev–Trinajstić information content (AvgIpc) is 3.40. The molecule has 0 spiro atoms. The zero-order chi connectivity index (χ0) is 27.5. The molecule has 1 aliphatic rings. The fraction of sp³-hybridized carbons (Fsp3) is 0.233. The van der Waals surface area contributed by atoms with Gasteiger partial charge in [-0.25, -0.2) is 14.4 Å². The van der Waals surface area contributed by atoms with Crippen molar-refractivity contribution in [3.63, 3.8) is 0 Å². The van der Waals surface area contributed by atoms with Crippen LogP contribution >= 0.6 is 0 Å². The predicted octanol–water partition coefficient (Wildman–Crippen LogP) is 5.37. The smallest absolute Gasteiger partial charge is 0.229 e. The quantitative estimate of drug-likeness (QED) is 0.244. The molecule has 6 rings (SSSR count). The van der Waals surface area contributed by atoms with E-state index in [1.807, 2.05) is 49.3 Å². The Balaban J connectivity index is 1.08. The number of nitrogens with one attached hydrogen (secondary N) is 3. The van der Waals surface area contributed by atoms with E-state index in [1.165, 1.54) is 11.8 Å². The second-order valence-electron chi connectivity index (χ2n) is 10.1. The van der Waals surface area contributed by atoms with Gasteiger partial charge >= 0.3 is 0 Å². The molecular formula is C30H32FN9. The Hall–Kier alpha value is -4.70. The number of imidazole rings is 1. The van der Waals surface area contributed by atoms with Crippen LogP contribution in [0.1, 0.15) is 5.56 Å². The molecular weight excluding hydrogens is 505 g/mol. The number of piperazine rings is 1. The van der Waals surface area contributed by atoms with Gasteiger partial charge in [0.25, 0.3) is 0 Å². The largest absolute Gasteiger partial charge is 0.369 e. The molecule has 9 nitrogen and oxygen atoms in total. The van der Waals surface area contributed by atoms with E-state index < -0.39 is 5.82 Å². The van der Waals surface area contributed by atoms with Crippen LogP contribution in [0.4, 0.5) is 39.2 Å². The fourth-order valence-electron chi connectivity index (χ4n) is 4.83. The molecule has 0 radical (unpaired) electrons. The number of rotatable bonds is 8. The molecule has 5 aromatic rings. The van der Waals surface area contributed by atoms with Crippen LogP contribution in [0.15, 0.2) is 79.0 Å². The summed E-state index contributed by atoms with van der Waals surface area (Å²) in [6.07, 6.45) is 1.17. The van der Waals surface area contributed by atoms with Crippen molar-refractivity contribution < 1.29 is 4.39 Å². The highest BCUT2D eigenvalue weighted by Crippen LogP contribution is 2.25. The van der Waals surface area contributed by atoms with Gasteiger partial charge in [0.1, 0.15) is 0 Å². The van der Waals surface area contributed by atoms with Crippen molar-refractivity contribution in [2.24, 2.45) is 0 Å². The highest BCUT2D eigenvalue weighted by atomic mass is 19.1. The van der Waals surface area contributed by atoms with E-state index in [0.717, 1.165) is 66.8 Å². The number of nitrogens with zero attached hydrogens (tertiary/aromatic N) is 6. The van der Waals surface area contributed by atoms with Gasteiger partial charge in [0.2, 0.25) is 11.9 Å². The third kappa shape index (κ3) is 5.81. The first kappa shape index (κ1) is 25.6. The number of anilines is 6.